The fourth-order valence-electron chi connectivity index (χ4n) is 1.19. The van der Waals surface area contributed by atoms with Gasteiger partial charge in [-0.15, -0.1) is 0 Å². The van der Waals surface area contributed by atoms with Crippen LogP contribution < -0.4 is 10.4 Å². The van der Waals surface area contributed by atoms with Crippen LogP contribution >= 0.6 is 0 Å². The first-order valence-corrected chi connectivity index (χ1v) is 5.45. The minimum Gasteiger partial charge on any atom is -0.268 e. The van der Waals surface area contributed by atoms with Crippen LogP contribution in [0.1, 0.15) is 33.6 Å². The van der Waals surface area contributed by atoms with E-state index < -0.39 is 0 Å². The van der Waals surface area contributed by atoms with E-state index in [1.165, 1.54) is 6.42 Å². The van der Waals surface area contributed by atoms with Gasteiger partial charge in [0.25, 0.3) is 0 Å². The van der Waals surface area contributed by atoms with Gasteiger partial charge in [0.1, 0.15) is 0 Å². The van der Waals surface area contributed by atoms with Gasteiger partial charge in [0.2, 0.25) is 0 Å². The molecule has 0 heterocycles. The van der Waals surface area contributed by atoms with E-state index >= 15 is 0 Å². The summed E-state index contributed by atoms with van der Waals surface area (Å²) in [7, 11) is 0. The van der Waals surface area contributed by atoms with Crippen molar-refractivity contribution in [3.63, 3.8) is 0 Å². The molecule has 1 heteroatoms. The molecule has 0 aliphatic carbocycles. The van der Waals surface area contributed by atoms with Crippen molar-refractivity contribution in [3.8, 4) is 0 Å². The van der Waals surface area contributed by atoms with Gasteiger partial charge in [-0.05, 0) is 18.4 Å². The van der Waals surface area contributed by atoms with E-state index in [9.17, 15) is 0 Å². The van der Waals surface area contributed by atoms with Gasteiger partial charge >= 0.3 is 0 Å². The Morgan fingerprint density at radius 3 is 2.13 bits per heavy atom. The average Bonchev–Trinajstić information content (AvgIpc) is 2.24. The molecule has 0 N–H and O–H groups in total. The van der Waals surface area contributed by atoms with Crippen LogP contribution in [-0.2, 0) is 0 Å². The van der Waals surface area contributed by atoms with Crippen LogP contribution in [0.3, 0.4) is 0 Å². The van der Waals surface area contributed by atoms with Crippen LogP contribution in [0.5, 0.6) is 0 Å². The summed E-state index contributed by atoms with van der Waals surface area (Å²) >= 11 is 0. The summed E-state index contributed by atoms with van der Waals surface area (Å²) in [5.74, 6) is 0. The van der Waals surface area contributed by atoms with Crippen LogP contribution in [-0.4, -0.2) is 6.72 Å². The topological polar surface area (TPSA) is 12.4 Å². The van der Waals surface area contributed by atoms with Crippen molar-refractivity contribution in [3.05, 3.63) is 34.7 Å². The Kier molecular flexibility index (Phi) is 7.25. The zero-order valence-electron chi connectivity index (χ0n) is 10.1. The molecule has 0 saturated heterocycles. The minimum atomic E-state index is 0.899. The third kappa shape index (κ3) is 4.59. The Labute approximate surface area is 92.9 Å². The van der Waals surface area contributed by atoms with Gasteiger partial charge in [0.05, 0.1) is 0 Å². The van der Waals surface area contributed by atoms with E-state index in [4.69, 9.17) is 0 Å². The predicted octanol–water partition coefficient (Wildman–Crippen LogP) is 2.73. The second-order valence-electron chi connectivity index (χ2n) is 3.32. The van der Waals surface area contributed by atoms with Crippen molar-refractivity contribution in [1.29, 1.82) is 0 Å². The van der Waals surface area contributed by atoms with Crippen LogP contribution in [0.2, 0.25) is 0 Å². The van der Waals surface area contributed by atoms with Gasteiger partial charge in [-0.3, -0.25) is 4.99 Å². The van der Waals surface area contributed by atoms with Crippen molar-refractivity contribution in [2.24, 2.45) is 4.99 Å². The lowest BCUT2D eigenvalue weighted by atomic mass is 10.2. The Hall–Kier alpha value is -1.37. The molecule has 82 valence electrons. The van der Waals surface area contributed by atoms with Gasteiger partial charge in [-0.1, -0.05) is 58.0 Å². The molecule has 0 spiro atoms. The quantitative estimate of drug-likeness (QED) is 0.655. The maximum Gasteiger partial charge on any atom is 0.0471 e. The van der Waals surface area contributed by atoms with Crippen LogP contribution in [0, 0.1) is 0 Å². The third-order valence-electron chi connectivity index (χ3n) is 1.85. The van der Waals surface area contributed by atoms with E-state index in [0.717, 1.165) is 22.6 Å². The Morgan fingerprint density at radius 2 is 1.73 bits per heavy atom. The maximum absolute atomic E-state index is 3.96. The van der Waals surface area contributed by atoms with Crippen molar-refractivity contribution >= 4 is 19.0 Å². The van der Waals surface area contributed by atoms with Crippen molar-refractivity contribution in [2.75, 3.05) is 0 Å². The Balaban J connectivity index is 0.000000583. The zero-order chi connectivity index (χ0) is 11.7. The molecular weight excluding hydrogens is 182 g/mol. The minimum absolute atomic E-state index is 0.899. The summed E-state index contributed by atoms with van der Waals surface area (Å²) in [6.07, 6.45) is 2.15. The normalized spacial score (nSPS) is 11.1. The highest BCUT2D eigenvalue weighted by atomic mass is 14.7. The summed E-state index contributed by atoms with van der Waals surface area (Å²) in [5.41, 5.74) is 1.01. The fourth-order valence-corrected chi connectivity index (χ4v) is 1.19. The van der Waals surface area contributed by atoms with Gasteiger partial charge in [-0.25, -0.2) is 0 Å². The highest BCUT2D eigenvalue weighted by Gasteiger charge is 1.90. The molecular formula is C14H21N. The number of aliphatic imine (C=N–C) groups is 1. The van der Waals surface area contributed by atoms with Gasteiger partial charge in [-0.2, -0.15) is 0 Å². The molecule has 1 rings (SSSR count). The Bertz CT molecular complexity index is 390. The lowest BCUT2D eigenvalue weighted by Gasteiger charge is -1.95. The van der Waals surface area contributed by atoms with Gasteiger partial charge in [0.15, 0.2) is 0 Å². The van der Waals surface area contributed by atoms with Gasteiger partial charge in [0, 0.05) is 10.9 Å². The number of nitrogens with zero attached hydrogens (tertiary/aromatic N) is 1. The summed E-state index contributed by atoms with van der Waals surface area (Å²) in [6, 6.07) is 7.97. The lowest BCUT2D eigenvalue weighted by Crippen LogP contribution is -2.24. The smallest absolute Gasteiger partial charge is 0.0471 e. The van der Waals surface area contributed by atoms with E-state index in [1.807, 2.05) is 24.3 Å². The highest BCUT2D eigenvalue weighted by Crippen LogP contribution is 1.97. The fraction of sp³-hybridized carbons (Fsp3) is 0.357. The first-order chi connectivity index (χ1) is 7.21. The number of rotatable bonds is 2. The monoisotopic (exact) mass is 203 g/mol. The molecule has 1 aromatic rings. The van der Waals surface area contributed by atoms with Crippen LogP contribution in [0.4, 0.5) is 0 Å². The molecule has 0 atom stereocenters. The molecule has 1 aromatic carbocycles. The van der Waals surface area contributed by atoms with Crippen LogP contribution in [0.15, 0.2) is 29.3 Å². The molecule has 0 amide bonds. The predicted molar refractivity (Wildman–Crippen MR) is 70.4 cm³/mol. The summed E-state index contributed by atoms with van der Waals surface area (Å²) in [5, 5.41) is 2.12. The average molecular weight is 203 g/mol. The van der Waals surface area contributed by atoms with E-state index in [-0.39, 0.29) is 0 Å². The Morgan fingerprint density at radius 1 is 1.20 bits per heavy atom. The molecule has 1 nitrogen and oxygen atoms in total. The van der Waals surface area contributed by atoms with E-state index in [2.05, 4.69) is 39.1 Å². The summed E-state index contributed by atoms with van der Waals surface area (Å²) < 4.78 is 0. The standard InChI is InChI=1S/C11H13N.C3H8/c1-4-11(12-3)10-8-6-5-7-9(10)2;1-3-2/h5-8H,2-4H2,1H3;3H2,1-2H3/b11-10-;. The van der Waals surface area contributed by atoms with Crippen LogP contribution in [0.25, 0.3) is 12.3 Å². The summed E-state index contributed by atoms with van der Waals surface area (Å²) in [6.45, 7) is 13.8. The molecule has 0 unspecified atom stereocenters. The van der Waals surface area contributed by atoms with Crippen molar-refractivity contribution in [1.82, 2.24) is 0 Å². The summed E-state index contributed by atoms with van der Waals surface area (Å²) in [4.78, 5) is 3.96. The molecule has 0 aromatic heterocycles. The van der Waals surface area contributed by atoms with E-state index in [1.54, 1.807) is 0 Å². The first-order valence-electron chi connectivity index (χ1n) is 5.45. The highest BCUT2D eigenvalue weighted by molar-refractivity contribution is 5.50. The molecule has 0 radical (unpaired) electrons. The lowest BCUT2D eigenvalue weighted by molar-refractivity contribution is 1.09. The van der Waals surface area contributed by atoms with E-state index in [0.29, 0.717) is 0 Å². The third-order valence-corrected chi connectivity index (χ3v) is 1.85. The number of benzene rings is 1. The molecule has 0 aliphatic heterocycles. The van der Waals surface area contributed by atoms with Crippen molar-refractivity contribution in [2.45, 2.75) is 33.6 Å². The number of hydrogen-bond donors (Lipinski definition) is 0. The molecule has 15 heavy (non-hydrogen) atoms. The van der Waals surface area contributed by atoms with Gasteiger partial charge < -0.3 is 0 Å². The second kappa shape index (κ2) is 7.98. The first kappa shape index (κ1) is 13.6. The maximum atomic E-state index is 3.96. The molecule has 0 aliphatic rings. The molecule has 0 saturated carbocycles. The SMILES string of the molecule is C=N/C(CC)=c1/ccccc1=C.CCC. The molecule has 0 bridgehead atoms. The second-order valence-corrected chi connectivity index (χ2v) is 3.32. The number of hydrogen-bond acceptors (Lipinski definition) is 1. The largest absolute Gasteiger partial charge is 0.268 e. The van der Waals surface area contributed by atoms with Crippen molar-refractivity contribution < 1.29 is 0 Å². The zero-order valence-corrected chi connectivity index (χ0v) is 10.1. The molecule has 0 fully saturated rings.